The lowest BCUT2D eigenvalue weighted by molar-refractivity contribution is 0.418. The van der Waals surface area contributed by atoms with Crippen LogP contribution in [-0.2, 0) is 18.4 Å². The lowest BCUT2D eigenvalue weighted by atomic mass is 9.68. The Kier molecular flexibility index (Phi) is 4.74. The van der Waals surface area contributed by atoms with Crippen LogP contribution in [0.4, 0.5) is 0 Å². The number of nitrogens with zero attached hydrogens (tertiary/aromatic N) is 2. The second-order valence-electron chi connectivity index (χ2n) is 7.78. The number of allylic oxidation sites excluding steroid dienone is 1. The van der Waals surface area contributed by atoms with Crippen LogP contribution in [0, 0.1) is 12.3 Å². The number of fused-ring (bicyclic) bond motifs is 4. The molecule has 0 unspecified atom stereocenters. The average molecular weight is 377 g/mol. The lowest BCUT2D eigenvalue weighted by Crippen LogP contribution is -2.39. The minimum Gasteiger partial charge on any atom is -0.316 e. The highest BCUT2D eigenvalue weighted by Gasteiger charge is 2.44. The molecule has 1 aromatic carbocycles. The summed E-state index contributed by atoms with van der Waals surface area (Å²) in [6.45, 7) is 6.77. The van der Waals surface area contributed by atoms with Gasteiger partial charge in [-0.25, -0.2) is 0 Å². The quantitative estimate of drug-likeness (QED) is 0.339. The summed E-state index contributed by atoms with van der Waals surface area (Å²) in [6.07, 6.45) is 10.9. The molecule has 138 valence electrons. The van der Waals surface area contributed by atoms with Gasteiger partial charge in [-0.1, -0.05) is 66.9 Å². The van der Waals surface area contributed by atoms with Crippen molar-refractivity contribution in [2.24, 2.45) is 0 Å². The van der Waals surface area contributed by atoms with Crippen LogP contribution in [0.1, 0.15) is 43.7 Å². The van der Waals surface area contributed by atoms with Crippen molar-refractivity contribution in [3.8, 4) is 23.6 Å². The molecule has 2 aromatic rings. The first-order valence-corrected chi connectivity index (χ1v) is 10.5. The van der Waals surface area contributed by atoms with Gasteiger partial charge in [0.05, 0.1) is 17.0 Å². The van der Waals surface area contributed by atoms with Crippen molar-refractivity contribution in [2.45, 2.75) is 56.1 Å². The maximum atomic E-state index is 13.2. The Hall–Kier alpha value is -2.25. The largest absolute Gasteiger partial charge is 0.316 e. The van der Waals surface area contributed by atoms with Gasteiger partial charge in [-0.15, -0.1) is 6.42 Å². The van der Waals surface area contributed by atoms with Gasteiger partial charge < -0.3 is 4.57 Å². The minimum atomic E-state index is -0.0705. The predicted molar refractivity (Wildman–Crippen MR) is 112 cm³/mol. The van der Waals surface area contributed by atoms with Crippen LogP contribution in [0.2, 0.25) is 0 Å². The van der Waals surface area contributed by atoms with E-state index in [1.54, 1.807) is 0 Å². The number of benzene rings is 1. The first-order chi connectivity index (χ1) is 13.1. The Morgan fingerprint density at radius 2 is 2.11 bits per heavy atom. The van der Waals surface area contributed by atoms with E-state index in [1.807, 2.05) is 6.92 Å². The fourth-order valence-electron chi connectivity index (χ4n) is 4.76. The van der Waals surface area contributed by atoms with E-state index in [2.05, 4.69) is 46.3 Å². The Balaban J connectivity index is 2.06. The molecule has 0 radical (unpaired) electrons. The minimum absolute atomic E-state index is 0.0695. The van der Waals surface area contributed by atoms with Gasteiger partial charge in [0.2, 0.25) is 0 Å². The van der Waals surface area contributed by atoms with Crippen LogP contribution >= 0.6 is 11.8 Å². The maximum Gasteiger partial charge on any atom is 0.278 e. The van der Waals surface area contributed by atoms with E-state index in [0.717, 1.165) is 41.7 Å². The number of hydrogen-bond donors (Lipinski definition) is 0. The maximum absolute atomic E-state index is 13.2. The van der Waals surface area contributed by atoms with Gasteiger partial charge in [-0.3, -0.25) is 4.79 Å². The van der Waals surface area contributed by atoms with Crippen LogP contribution in [0.25, 0.3) is 11.3 Å². The van der Waals surface area contributed by atoms with Gasteiger partial charge in [-0.05, 0) is 31.7 Å². The zero-order chi connectivity index (χ0) is 19.0. The summed E-state index contributed by atoms with van der Waals surface area (Å²) >= 11 is 1.46. The Morgan fingerprint density at radius 3 is 2.81 bits per heavy atom. The van der Waals surface area contributed by atoms with Crippen molar-refractivity contribution in [1.82, 2.24) is 9.55 Å². The Bertz CT molecular complexity index is 1010. The Morgan fingerprint density at radius 1 is 1.37 bits per heavy atom. The van der Waals surface area contributed by atoms with E-state index < -0.39 is 0 Å². The molecule has 0 amide bonds. The summed E-state index contributed by atoms with van der Waals surface area (Å²) < 4.78 is 2.18. The summed E-state index contributed by atoms with van der Waals surface area (Å²) in [5, 5.41) is 0.699. The highest BCUT2D eigenvalue weighted by Crippen LogP contribution is 2.50. The first kappa shape index (κ1) is 18.1. The SMILES string of the molecule is C#CCSc1nc(=O)c2c(n1CC(=C)C)-c1ccccc1CC21CCCC1. The molecule has 4 rings (SSSR count). The van der Waals surface area contributed by atoms with Gasteiger partial charge in [0.1, 0.15) is 0 Å². The highest BCUT2D eigenvalue weighted by atomic mass is 32.2. The van der Waals surface area contributed by atoms with Crippen LogP contribution in [0.3, 0.4) is 0 Å². The zero-order valence-electron chi connectivity index (χ0n) is 15.8. The number of aromatic nitrogens is 2. The molecule has 0 aliphatic heterocycles. The lowest BCUT2D eigenvalue weighted by Gasteiger charge is -2.37. The van der Waals surface area contributed by atoms with Crippen LogP contribution < -0.4 is 5.56 Å². The molecule has 0 saturated heterocycles. The second-order valence-corrected chi connectivity index (χ2v) is 8.72. The summed E-state index contributed by atoms with van der Waals surface area (Å²) in [5.74, 6) is 3.14. The third-order valence-corrected chi connectivity index (χ3v) is 6.63. The molecule has 2 aliphatic rings. The topological polar surface area (TPSA) is 34.9 Å². The zero-order valence-corrected chi connectivity index (χ0v) is 16.6. The fraction of sp³-hybridized carbons (Fsp3) is 0.391. The summed E-state index contributed by atoms with van der Waals surface area (Å²) in [7, 11) is 0. The molecule has 3 nitrogen and oxygen atoms in total. The molecule has 0 N–H and O–H groups in total. The molecule has 1 saturated carbocycles. The molecule has 1 aromatic heterocycles. The number of terminal acetylenes is 1. The number of thioether (sulfide) groups is 1. The number of hydrogen-bond acceptors (Lipinski definition) is 3. The summed E-state index contributed by atoms with van der Waals surface area (Å²) in [5.41, 5.74) is 5.35. The van der Waals surface area contributed by atoms with Crippen molar-refractivity contribution in [3.63, 3.8) is 0 Å². The van der Waals surface area contributed by atoms with Crippen LogP contribution in [-0.4, -0.2) is 15.3 Å². The third kappa shape index (κ3) is 3.04. The van der Waals surface area contributed by atoms with Gasteiger partial charge in [-0.2, -0.15) is 4.98 Å². The molecule has 2 aliphatic carbocycles. The predicted octanol–water partition coefficient (Wildman–Crippen LogP) is 4.58. The summed E-state index contributed by atoms with van der Waals surface area (Å²) in [6, 6.07) is 8.50. The smallest absolute Gasteiger partial charge is 0.278 e. The molecular weight excluding hydrogens is 352 g/mol. The molecule has 0 atom stereocenters. The normalized spacial score (nSPS) is 16.6. The van der Waals surface area contributed by atoms with Gasteiger partial charge in [0.15, 0.2) is 5.16 Å². The average Bonchev–Trinajstić information content (AvgIpc) is 3.10. The molecule has 4 heteroatoms. The van der Waals surface area contributed by atoms with Crippen molar-refractivity contribution < 1.29 is 0 Å². The van der Waals surface area contributed by atoms with E-state index in [1.165, 1.54) is 30.2 Å². The molecular formula is C23H24N2OS. The second kappa shape index (κ2) is 7.05. The molecule has 1 heterocycles. The first-order valence-electron chi connectivity index (χ1n) is 9.50. The van der Waals surface area contributed by atoms with E-state index >= 15 is 0 Å². The Labute approximate surface area is 164 Å². The van der Waals surface area contributed by atoms with E-state index in [-0.39, 0.29) is 11.0 Å². The highest BCUT2D eigenvalue weighted by molar-refractivity contribution is 7.99. The van der Waals surface area contributed by atoms with E-state index in [9.17, 15) is 4.79 Å². The van der Waals surface area contributed by atoms with Crippen molar-refractivity contribution in [3.05, 3.63) is 57.9 Å². The third-order valence-electron chi connectivity index (χ3n) is 5.75. The van der Waals surface area contributed by atoms with E-state index in [0.29, 0.717) is 17.5 Å². The monoisotopic (exact) mass is 376 g/mol. The molecule has 1 fully saturated rings. The van der Waals surface area contributed by atoms with E-state index in [4.69, 9.17) is 6.42 Å². The molecule has 0 bridgehead atoms. The van der Waals surface area contributed by atoms with Crippen molar-refractivity contribution >= 4 is 11.8 Å². The number of rotatable bonds is 4. The standard InChI is InChI=1S/C23H24N2OS/c1-4-13-27-22-24-21(26)19-20(25(22)15-16(2)3)18-10-6-5-9-17(18)14-23(19)11-7-8-12-23/h1,5-6,9-10H,2,7-8,11-15H2,3H3. The fourth-order valence-corrected chi connectivity index (χ4v) is 5.43. The van der Waals surface area contributed by atoms with Crippen molar-refractivity contribution in [2.75, 3.05) is 5.75 Å². The summed E-state index contributed by atoms with van der Waals surface area (Å²) in [4.78, 5) is 17.7. The van der Waals surface area contributed by atoms with Crippen LogP contribution in [0.15, 0.2) is 46.4 Å². The van der Waals surface area contributed by atoms with Gasteiger partial charge in [0, 0.05) is 17.5 Å². The molecule has 27 heavy (non-hydrogen) atoms. The van der Waals surface area contributed by atoms with Crippen LogP contribution in [0.5, 0.6) is 0 Å². The van der Waals surface area contributed by atoms with Crippen molar-refractivity contribution in [1.29, 1.82) is 0 Å². The van der Waals surface area contributed by atoms with Gasteiger partial charge in [0.25, 0.3) is 5.56 Å². The van der Waals surface area contributed by atoms with Gasteiger partial charge >= 0.3 is 0 Å². The molecule has 1 spiro atoms.